The van der Waals surface area contributed by atoms with Crippen molar-refractivity contribution in [2.45, 2.75) is 18.9 Å². The Bertz CT molecular complexity index is 662. The number of benzene rings is 1. The van der Waals surface area contributed by atoms with Crippen molar-refractivity contribution in [2.24, 2.45) is 7.05 Å². The second kappa shape index (κ2) is 6.17. The van der Waals surface area contributed by atoms with Gasteiger partial charge in [0.2, 0.25) is 10.0 Å². The van der Waals surface area contributed by atoms with E-state index in [1.54, 1.807) is 48.4 Å². The molecule has 0 fully saturated rings. The minimum Gasteiger partial charge on any atom is -0.392 e. The molecule has 2 aromatic rings. The van der Waals surface area contributed by atoms with Crippen LogP contribution in [0.5, 0.6) is 0 Å². The van der Waals surface area contributed by atoms with Crippen LogP contribution in [0.3, 0.4) is 0 Å². The maximum atomic E-state index is 11.9. The number of nitrogens with one attached hydrogen (secondary N) is 1. The molecule has 0 aliphatic heterocycles. The number of hydrogen-bond acceptors (Lipinski definition) is 4. The minimum absolute atomic E-state index is 0.0493. The fraction of sp³-hybridized carbons (Fsp3) is 0.308. The normalized spacial score (nSPS) is 11.7. The van der Waals surface area contributed by atoms with Crippen LogP contribution in [0.25, 0.3) is 0 Å². The molecule has 20 heavy (non-hydrogen) atoms. The Hall–Kier alpha value is -1.70. The summed E-state index contributed by atoms with van der Waals surface area (Å²) in [4.78, 5) is 0. The summed E-state index contributed by atoms with van der Waals surface area (Å²) in [5, 5.41) is 12.9. The van der Waals surface area contributed by atoms with E-state index in [0.29, 0.717) is 5.56 Å². The summed E-state index contributed by atoms with van der Waals surface area (Å²) < 4.78 is 28.1. The van der Waals surface area contributed by atoms with E-state index in [1.165, 1.54) is 0 Å². The molecule has 0 saturated carbocycles. The van der Waals surface area contributed by atoms with Crippen molar-refractivity contribution in [1.29, 1.82) is 0 Å². The van der Waals surface area contributed by atoms with Crippen molar-refractivity contribution in [3.05, 3.63) is 53.3 Å². The number of aliphatic hydroxyl groups is 1. The van der Waals surface area contributed by atoms with Crippen molar-refractivity contribution in [2.75, 3.05) is 0 Å². The van der Waals surface area contributed by atoms with Gasteiger partial charge in [0.25, 0.3) is 0 Å². The van der Waals surface area contributed by atoms with Gasteiger partial charge in [-0.3, -0.25) is 4.68 Å². The monoisotopic (exact) mass is 295 g/mol. The third-order valence-electron chi connectivity index (χ3n) is 2.82. The van der Waals surface area contributed by atoms with Gasteiger partial charge in [0.1, 0.15) is 0 Å². The van der Waals surface area contributed by atoms with Gasteiger partial charge in [-0.15, -0.1) is 0 Å². The molecule has 1 heterocycles. The molecule has 0 atom stereocenters. The van der Waals surface area contributed by atoms with Crippen molar-refractivity contribution in [3.63, 3.8) is 0 Å². The standard InChI is InChI=1S/C13H17N3O3S/c1-16-8-13(6-14-16)7-15-20(18,19)10-12-4-2-11(9-17)3-5-12/h2-6,8,15,17H,7,9-10H2,1H3. The van der Waals surface area contributed by atoms with Gasteiger partial charge in [-0.05, 0) is 11.1 Å². The largest absolute Gasteiger partial charge is 0.392 e. The van der Waals surface area contributed by atoms with Gasteiger partial charge in [0.05, 0.1) is 18.6 Å². The molecule has 0 aliphatic rings. The minimum atomic E-state index is -3.39. The number of hydrogen-bond donors (Lipinski definition) is 2. The predicted octanol–water partition coefficient (Wildman–Crippen LogP) is 0.532. The van der Waals surface area contributed by atoms with Crippen LogP contribution in [0, 0.1) is 0 Å². The van der Waals surface area contributed by atoms with Crippen molar-refractivity contribution in [3.8, 4) is 0 Å². The summed E-state index contributed by atoms with van der Waals surface area (Å²) in [5.74, 6) is -0.0844. The molecule has 0 saturated heterocycles. The molecular formula is C13H17N3O3S. The smallest absolute Gasteiger partial charge is 0.216 e. The number of aliphatic hydroxyl groups excluding tert-OH is 1. The van der Waals surface area contributed by atoms with Crippen molar-refractivity contribution >= 4 is 10.0 Å². The van der Waals surface area contributed by atoms with Crippen molar-refractivity contribution in [1.82, 2.24) is 14.5 Å². The molecule has 0 bridgehead atoms. The van der Waals surface area contributed by atoms with Crippen molar-refractivity contribution < 1.29 is 13.5 Å². The van der Waals surface area contributed by atoms with Gasteiger partial charge in [0.15, 0.2) is 0 Å². The molecule has 0 unspecified atom stereocenters. The van der Waals surface area contributed by atoms with Crippen LogP contribution in [0.4, 0.5) is 0 Å². The lowest BCUT2D eigenvalue weighted by atomic mass is 10.2. The first-order chi connectivity index (χ1) is 9.48. The van der Waals surface area contributed by atoms with E-state index in [4.69, 9.17) is 5.11 Å². The predicted molar refractivity (Wildman–Crippen MR) is 75.0 cm³/mol. The zero-order valence-corrected chi connectivity index (χ0v) is 12.0. The molecule has 0 amide bonds. The lowest BCUT2D eigenvalue weighted by Gasteiger charge is -2.06. The summed E-state index contributed by atoms with van der Waals surface area (Å²) in [6.45, 7) is 0.178. The van der Waals surface area contributed by atoms with Gasteiger partial charge in [-0.1, -0.05) is 24.3 Å². The zero-order chi connectivity index (χ0) is 14.6. The van der Waals surface area contributed by atoms with Gasteiger partial charge in [0, 0.05) is 25.4 Å². The van der Waals surface area contributed by atoms with Crippen LogP contribution in [0.2, 0.25) is 0 Å². The first-order valence-electron chi connectivity index (χ1n) is 6.12. The maximum Gasteiger partial charge on any atom is 0.216 e. The molecule has 2 N–H and O–H groups in total. The highest BCUT2D eigenvalue weighted by Crippen LogP contribution is 2.08. The highest BCUT2D eigenvalue weighted by molar-refractivity contribution is 7.88. The molecule has 0 radical (unpaired) electrons. The third kappa shape index (κ3) is 4.16. The average Bonchev–Trinajstić information content (AvgIpc) is 2.83. The topological polar surface area (TPSA) is 84.2 Å². The van der Waals surface area contributed by atoms with Crippen LogP contribution in [0.1, 0.15) is 16.7 Å². The Morgan fingerprint density at radius 1 is 1.20 bits per heavy atom. The molecule has 0 aliphatic carbocycles. The first-order valence-corrected chi connectivity index (χ1v) is 7.77. The van der Waals surface area contributed by atoms with Crippen LogP contribution in [0.15, 0.2) is 36.7 Å². The number of nitrogens with zero attached hydrogens (tertiary/aromatic N) is 2. The molecule has 108 valence electrons. The molecule has 0 spiro atoms. The summed E-state index contributed by atoms with van der Waals surface area (Å²) >= 11 is 0. The number of rotatable bonds is 6. The van der Waals surface area contributed by atoms with E-state index < -0.39 is 10.0 Å². The number of aryl methyl sites for hydroxylation is 1. The summed E-state index contributed by atoms with van der Waals surface area (Å²) in [5.41, 5.74) is 2.25. The molecular weight excluding hydrogens is 278 g/mol. The Kier molecular flexibility index (Phi) is 4.53. The van der Waals surface area contributed by atoms with Gasteiger partial charge < -0.3 is 5.11 Å². The zero-order valence-electron chi connectivity index (χ0n) is 11.2. The highest BCUT2D eigenvalue weighted by atomic mass is 32.2. The summed E-state index contributed by atoms with van der Waals surface area (Å²) in [7, 11) is -1.61. The molecule has 6 nitrogen and oxygen atoms in total. The molecule has 2 rings (SSSR count). The van der Waals surface area contributed by atoms with Crippen LogP contribution >= 0.6 is 0 Å². The molecule has 1 aromatic carbocycles. The van der Waals surface area contributed by atoms with Gasteiger partial charge >= 0.3 is 0 Å². The third-order valence-corrected chi connectivity index (χ3v) is 4.11. The highest BCUT2D eigenvalue weighted by Gasteiger charge is 2.11. The lowest BCUT2D eigenvalue weighted by molar-refractivity contribution is 0.282. The average molecular weight is 295 g/mol. The Morgan fingerprint density at radius 2 is 1.85 bits per heavy atom. The van der Waals surface area contributed by atoms with E-state index >= 15 is 0 Å². The Labute approximate surface area is 118 Å². The van der Waals surface area contributed by atoms with E-state index in [1.807, 2.05) is 0 Å². The SMILES string of the molecule is Cn1cc(CNS(=O)(=O)Cc2ccc(CO)cc2)cn1. The second-order valence-electron chi connectivity index (χ2n) is 4.58. The second-order valence-corrected chi connectivity index (χ2v) is 6.38. The van der Waals surface area contributed by atoms with Gasteiger partial charge in [-0.2, -0.15) is 5.10 Å². The van der Waals surface area contributed by atoms with Crippen LogP contribution < -0.4 is 4.72 Å². The summed E-state index contributed by atoms with van der Waals surface area (Å²) in [6.07, 6.45) is 3.39. The number of sulfonamides is 1. The Morgan fingerprint density at radius 3 is 2.40 bits per heavy atom. The molecule has 1 aromatic heterocycles. The van der Waals surface area contributed by atoms with Crippen LogP contribution in [-0.4, -0.2) is 23.3 Å². The van der Waals surface area contributed by atoms with Gasteiger partial charge in [-0.25, -0.2) is 13.1 Å². The quantitative estimate of drug-likeness (QED) is 0.814. The Balaban J connectivity index is 1.96. The van der Waals surface area contributed by atoms with E-state index in [9.17, 15) is 8.42 Å². The molecule has 7 heteroatoms. The summed E-state index contributed by atoms with van der Waals surface area (Å²) in [6, 6.07) is 6.83. The first kappa shape index (κ1) is 14.7. The van der Waals surface area contributed by atoms with Crippen LogP contribution in [-0.2, 0) is 36.0 Å². The fourth-order valence-corrected chi connectivity index (χ4v) is 2.89. The number of aromatic nitrogens is 2. The maximum absolute atomic E-state index is 11.9. The van der Waals surface area contributed by atoms with E-state index in [2.05, 4.69) is 9.82 Å². The van der Waals surface area contributed by atoms with E-state index in [0.717, 1.165) is 11.1 Å². The van der Waals surface area contributed by atoms with E-state index in [-0.39, 0.29) is 18.9 Å². The fourth-order valence-electron chi connectivity index (χ4n) is 1.77. The lowest BCUT2D eigenvalue weighted by Crippen LogP contribution is -2.24.